The predicted octanol–water partition coefficient (Wildman–Crippen LogP) is -4.64. The van der Waals surface area contributed by atoms with Crippen LogP contribution in [0.15, 0.2) is 0 Å². The van der Waals surface area contributed by atoms with E-state index in [1.54, 1.807) is 6.92 Å². The molecule has 1 fully saturated rings. The molecule has 1 heterocycles. The van der Waals surface area contributed by atoms with Crippen LogP contribution in [-0.2, 0) is 86.3 Å². The molecule has 450 valence electrons. The Morgan fingerprint density at radius 1 is 0.494 bits per heavy atom. The van der Waals surface area contributed by atoms with Crippen LogP contribution in [0.5, 0.6) is 0 Å². The minimum atomic E-state index is -1.55. The lowest BCUT2D eigenvalue weighted by Gasteiger charge is -2.21. The number of carboxylic acids is 5. The number of hydrogen-bond acceptors (Lipinski definition) is 19. The highest BCUT2D eigenvalue weighted by Gasteiger charge is 2.31. The normalized spacial score (nSPS) is 12.9. The molecule has 9 amide bonds. The van der Waals surface area contributed by atoms with E-state index >= 15 is 0 Å². The Bertz CT molecular complexity index is 2380. The van der Waals surface area contributed by atoms with E-state index in [0.29, 0.717) is 27.0 Å². The molecular weight excluding hydrogens is 1100 g/mol. The Hall–Kier alpha value is -8.39. The van der Waals surface area contributed by atoms with Crippen molar-refractivity contribution in [2.45, 2.75) is 89.7 Å². The van der Waals surface area contributed by atoms with E-state index < -0.39 is 217 Å². The van der Waals surface area contributed by atoms with Crippen molar-refractivity contribution in [3.63, 3.8) is 0 Å². The molecule has 1 saturated heterocycles. The molecule has 0 aromatic carbocycles. The summed E-state index contributed by atoms with van der Waals surface area (Å²) in [6.07, 6.45) is -3.61. The predicted molar refractivity (Wildman–Crippen MR) is 275 cm³/mol. The molecule has 0 aromatic rings. The number of hydrogen-bond donors (Lipinski definition) is 9. The highest BCUT2D eigenvalue weighted by Crippen LogP contribution is 2.25. The fraction of sp³-hybridized carbons (Fsp3) is 0.625. The zero-order chi connectivity index (χ0) is 61.4. The second-order valence-electron chi connectivity index (χ2n) is 18.4. The molecule has 81 heavy (non-hydrogen) atoms. The Morgan fingerprint density at radius 2 is 0.914 bits per heavy atom. The first-order valence-electron chi connectivity index (χ1n) is 25.2. The monoisotopic (exact) mass is 1170 g/mol. The van der Waals surface area contributed by atoms with E-state index in [-0.39, 0.29) is 56.4 Å². The molecule has 32 nitrogen and oxygen atoms in total. The molecule has 0 spiro atoms. The molecule has 2 unspecified atom stereocenters. The van der Waals surface area contributed by atoms with Gasteiger partial charge in [-0.15, -0.1) is 0 Å². The van der Waals surface area contributed by atoms with Crippen molar-refractivity contribution in [2.75, 3.05) is 97.4 Å². The van der Waals surface area contributed by atoms with Crippen LogP contribution < -0.4 is 21.3 Å². The summed E-state index contributed by atoms with van der Waals surface area (Å²) in [4.78, 5) is 223. The molecule has 33 heteroatoms. The van der Waals surface area contributed by atoms with Gasteiger partial charge in [0.2, 0.25) is 53.2 Å². The summed E-state index contributed by atoms with van der Waals surface area (Å²) in [5.74, 6) is -16.8. The van der Waals surface area contributed by atoms with Crippen LogP contribution in [0.1, 0.15) is 84.5 Å². The Kier molecular flexibility index (Phi) is 32.7. The third-order valence-corrected chi connectivity index (χ3v) is 12.9. The van der Waals surface area contributed by atoms with Crippen molar-refractivity contribution in [2.24, 2.45) is 5.92 Å². The average molecular weight is 1170 g/mol. The summed E-state index contributed by atoms with van der Waals surface area (Å²) in [7, 11) is 0. The van der Waals surface area contributed by atoms with E-state index in [4.69, 9.17) is 10.2 Å². The highest BCUT2D eigenvalue weighted by molar-refractivity contribution is 8.00. The van der Waals surface area contributed by atoms with E-state index in [1.165, 1.54) is 23.6 Å². The van der Waals surface area contributed by atoms with Gasteiger partial charge in [-0.1, -0.05) is 13.8 Å². The Morgan fingerprint density at radius 3 is 1.40 bits per heavy atom. The number of nitrogens with zero attached hydrogens (tertiary/aromatic N) is 5. The Labute approximate surface area is 467 Å². The number of carboxylic acid groups (broad SMARTS) is 5. The van der Waals surface area contributed by atoms with Crippen molar-refractivity contribution < 1.29 is 112 Å². The third-order valence-electron chi connectivity index (χ3n) is 11.4. The van der Waals surface area contributed by atoms with Gasteiger partial charge in [-0.05, 0) is 6.42 Å². The van der Waals surface area contributed by atoms with Crippen molar-refractivity contribution in [3.8, 4) is 0 Å². The number of thioether (sulfide) groups is 1. The summed E-state index contributed by atoms with van der Waals surface area (Å²) in [5, 5.41) is 54.9. The first-order valence-corrected chi connectivity index (χ1v) is 26.3. The molecule has 1 aliphatic rings. The molecule has 9 N–H and O–H groups in total. The lowest BCUT2D eigenvalue weighted by molar-refractivity contribution is -0.146. The lowest BCUT2D eigenvalue weighted by Crippen LogP contribution is -2.47. The minimum absolute atomic E-state index is 0.0569. The number of carbonyl (C=O) groups excluding carboxylic acids is 13. The lowest BCUT2D eigenvalue weighted by atomic mass is 10.1. The van der Waals surface area contributed by atoms with Gasteiger partial charge < -0.3 is 71.3 Å². The van der Waals surface area contributed by atoms with Crippen LogP contribution in [0, 0.1) is 5.92 Å². The summed E-state index contributed by atoms with van der Waals surface area (Å²) in [6, 6.07) is 0. The minimum Gasteiger partial charge on any atom is -0.481 e. The average Bonchev–Trinajstić information content (AvgIpc) is 3.76. The van der Waals surface area contributed by atoms with Crippen LogP contribution in [0.2, 0.25) is 0 Å². The maximum Gasteiger partial charge on any atom is 0.323 e. The van der Waals surface area contributed by atoms with Gasteiger partial charge in [-0.3, -0.25) is 86.3 Å². The largest absolute Gasteiger partial charge is 0.481 e. The number of amides is 9. The molecule has 0 aliphatic carbocycles. The van der Waals surface area contributed by atoms with Gasteiger partial charge in [0.25, 0.3) is 0 Å². The fourth-order valence-electron chi connectivity index (χ4n) is 7.11. The van der Waals surface area contributed by atoms with Crippen LogP contribution >= 0.6 is 11.8 Å². The molecule has 2 atom stereocenters. The first-order chi connectivity index (χ1) is 38.0. The van der Waals surface area contributed by atoms with E-state index in [2.05, 4.69) is 21.3 Å². The highest BCUT2D eigenvalue weighted by atomic mass is 32.2. The van der Waals surface area contributed by atoms with E-state index in [1.807, 2.05) is 0 Å². The van der Waals surface area contributed by atoms with Gasteiger partial charge in [0, 0.05) is 94.8 Å². The standard InChI is InChI=1S/C48H69N9O23S/c1-3-39(66)56(26-46(75)76)23-38(65)51-17-31(59)8-11-40(67)54(24-44(71)72)19-32(60)5-4-13-49-37(64)22-57(27-47(77)78)43(70)18-52-35(62)9-6-33(61)20-55(25-45(73)74)41(68)10-7-30(58)16-50-36(63)12-14-53-21-34(15-42(53)69)81-28-29(2)48(79)80/h29,34H,3-28H2,1-2H3,(H,49,64)(H,50,63)(H,51,65)(H,52,62)(H,71,72)(H,73,74)(H,75,76)(H,77,78)(H,79,80). The van der Waals surface area contributed by atoms with Crippen LogP contribution in [0.25, 0.3) is 0 Å². The maximum absolute atomic E-state index is 12.9. The molecule has 0 aromatic heterocycles. The van der Waals surface area contributed by atoms with Gasteiger partial charge >= 0.3 is 29.8 Å². The number of rotatable bonds is 43. The topological polar surface area (TPSA) is 473 Å². The smallest absolute Gasteiger partial charge is 0.323 e. The van der Waals surface area contributed by atoms with Crippen LogP contribution in [-0.4, -0.2) is 259 Å². The van der Waals surface area contributed by atoms with Gasteiger partial charge in [0.1, 0.15) is 39.3 Å². The third kappa shape index (κ3) is 31.7. The summed E-state index contributed by atoms with van der Waals surface area (Å²) < 4.78 is 0. The zero-order valence-electron chi connectivity index (χ0n) is 44.8. The van der Waals surface area contributed by atoms with Gasteiger partial charge in [0.05, 0.1) is 38.6 Å². The van der Waals surface area contributed by atoms with E-state index in [0.717, 1.165) is 4.90 Å². The summed E-state index contributed by atoms with van der Waals surface area (Å²) >= 11 is 1.35. The molecular formula is C48H69N9O23S. The quantitative estimate of drug-likeness (QED) is 0.0259. The molecule has 0 saturated carbocycles. The van der Waals surface area contributed by atoms with Crippen molar-refractivity contribution in [1.29, 1.82) is 0 Å². The van der Waals surface area contributed by atoms with Crippen molar-refractivity contribution in [3.05, 3.63) is 0 Å². The number of nitrogens with one attached hydrogen (secondary N) is 4. The second-order valence-corrected chi connectivity index (χ2v) is 19.7. The maximum atomic E-state index is 12.9. The van der Waals surface area contributed by atoms with Gasteiger partial charge in [-0.2, -0.15) is 11.8 Å². The number of carbonyl (C=O) groups is 18. The second kappa shape index (κ2) is 37.5. The molecule has 0 radical (unpaired) electrons. The molecule has 1 rings (SSSR count). The zero-order valence-corrected chi connectivity index (χ0v) is 45.6. The summed E-state index contributed by atoms with van der Waals surface area (Å²) in [5.41, 5.74) is 0. The number of Topliss-reactive ketones (excluding diaryl/α,β-unsaturated/α-hetero) is 4. The fourth-order valence-corrected chi connectivity index (χ4v) is 8.36. The van der Waals surface area contributed by atoms with Gasteiger partial charge in [-0.25, -0.2) is 0 Å². The molecule has 0 bridgehead atoms. The van der Waals surface area contributed by atoms with Crippen molar-refractivity contribution >= 4 is 118 Å². The van der Waals surface area contributed by atoms with E-state index in [9.17, 15) is 102 Å². The summed E-state index contributed by atoms with van der Waals surface area (Å²) in [6.45, 7) is -5.38. The van der Waals surface area contributed by atoms with Crippen LogP contribution in [0.4, 0.5) is 0 Å². The number of ketones is 4. The van der Waals surface area contributed by atoms with Gasteiger partial charge in [0.15, 0.2) is 23.1 Å². The SMILES string of the molecule is CCC(=O)N(CC(=O)O)CC(=O)NCC(=O)CCC(=O)N(CC(=O)O)CC(=O)CCCNC(=O)CN(CC(=O)O)C(=O)CNC(=O)CCC(=O)CN(CC(=O)O)C(=O)CCC(=O)CNC(=O)CCN1CC(SCC(C)C(=O)O)CC1=O. The Balaban J connectivity index is 2.54. The first kappa shape index (κ1) is 70.6. The molecule has 1 aliphatic heterocycles. The van der Waals surface area contributed by atoms with Crippen molar-refractivity contribution in [1.82, 2.24) is 45.8 Å². The number of likely N-dealkylation sites (tertiary alicyclic amines) is 1. The van der Waals surface area contributed by atoms with Crippen LogP contribution in [0.3, 0.4) is 0 Å². The number of aliphatic carboxylic acids is 5.